The van der Waals surface area contributed by atoms with Crippen molar-refractivity contribution in [3.8, 4) is 11.5 Å². The third-order valence-corrected chi connectivity index (χ3v) is 7.02. The molecule has 0 spiro atoms. The summed E-state index contributed by atoms with van der Waals surface area (Å²) in [6.45, 7) is 3.64. The second kappa shape index (κ2) is 9.77. The van der Waals surface area contributed by atoms with E-state index in [0.717, 1.165) is 11.3 Å². The Morgan fingerprint density at radius 3 is 2.68 bits per heavy atom. The van der Waals surface area contributed by atoms with E-state index in [1.54, 1.807) is 63.4 Å². The van der Waals surface area contributed by atoms with Crippen LogP contribution >= 0.6 is 38.9 Å². The first-order valence-electron chi connectivity index (χ1n) is 10.3. The summed E-state index contributed by atoms with van der Waals surface area (Å²) in [5.74, 6) is -0.0161. The molecule has 0 radical (unpaired) electrons. The SMILES string of the molecule is CCOC(=O)C1=C(C)N=c2s/c(=C\c3cc(Br)cc(Cl)c3O)c(=O)n2[C@@H]1c1ccc(OC)cc1. The number of nitrogens with zero attached hydrogens (tertiary/aromatic N) is 2. The zero-order chi connectivity index (χ0) is 24.6. The quantitative estimate of drug-likeness (QED) is 0.475. The van der Waals surface area contributed by atoms with Crippen LogP contribution in [0, 0.1) is 0 Å². The van der Waals surface area contributed by atoms with E-state index in [-0.39, 0.29) is 22.9 Å². The molecule has 176 valence electrons. The Morgan fingerprint density at radius 2 is 2.03 bits per heavy atom. The third-order valence-electron chi connectivity index (χ3n) is 5.29. The predicted molar refractivity (Wildman–Crippen MR) is 134 cm³/mol. The monoisotopic (exact) mass is 562 g/mol. The van der Waals surface area contributed by atoms with Crippen LogP contribution in [0.2, 0.25) is 5.02 Å². The highest BCUT2D eigenvalue weighted by molar-refractivity contribution is 9.10. The van der Waals surface area contributed by atoms with Crippen molar-refractivity contribution >= 4 is 50.9 Å². The summed E-state index contributed by atoms with van der Waals surface area (Å²) in [6, 6.07) is 9.64. The normalized spacial score (nSPS) is 15.7. The standard InChI is InChI=1S/C24H20BrClN2O5S/c1-4-33-23(31)19-12(2)27-24-28(20(19)13-5-7-16(32-3)8-6-13)22(30)18(34-24)10-14-9-15(25)11-17(26)21(14)29/h5-11,20,29H,4H2,1-3H3/b18-10-/t20-/m1/s1. The fourth-order valence-corrected chi connectivity index (χ4v) is 5.60. The number of rotatable bonds is 5. The fraction of sp³-hybridized carbons (Fsp3) is 0.208. The van der Waals surface area contributed by atoms with Gasteiger partial charge in [0.2, 0.25) is 0 Å². The molecule has 0 fully saturated rings. The molecule has 0 saturated heterocycles. The predicted octanol–water partition coefficient (Wildman–Crippen LogP) is 3.93. The molecule has 2 heterocycles. The van der Waals surface area contributed by atoms with E-state index in [9.17, 15) is 14.7 Å². The molecule has 7 nitrogen and oxygen atoms in total. The molecule has 10 heteroatoms. The lowest BCUT2D eigenvalue weighted by Crippen LogP contribution is -2.39. The van der Waals surface area contributed by atoms with Crippen LogP contribution < -0.4 is 19.6 Å². The number of halogens is 2. The molecule has 1 aliphatic rings. The van der Waals surface area contributed by atoms with Crippen molar-refractivity contribution < 1.29 is 19.4 Å². The van der Waals surface area contributed by atoms with Gasteiger partial charge in [0, 0.05) is 10.0 Å². The zero-order valence-corrected chi connectivity index (χ0v) is 21.6. The van der Waals surface area contributed by atoms with Crippen LogP contribution in [0.15, 0.2) is 61.9 Å². The molecule has 0 aliphatic carbocycles. The van der Waals surface area contributed by atoms with E-state index in [1.807, 2.05) is 0 Å². The van der Waals surface area contributed by atoms with Crippen LogP contribution in [0.25, 0.3) is 6.08 Å². The van der Waals surface area contributed by atoms with Crippen LogP contribution in [0.3, 0.4) is 0 Å². The number of aromatic hydroxyl groups is 1. The molecule has 1 aromatic heterocycles. The summed E-state index contributed by atoms with van der Waals surface area (Å²) >= 11 is 10.6. The summed E-state index contributed by atoms with van der Waals surface area (Å²) in [5, 5.41) is 10.5. The summed E-state index contributed by atoms with van der Waals surface area (Å²) < 4.78 is 13.0. The molecule has 1 N–H and O–H groups in total. The Balaban J connectivity index is 1.97. The van der Waals surface area contributed by atoms with Gasteiger partial charge >= 0.3 is 5.97 Å². The van der Waals surface area contributed by atoms with E-state index in [2.05, 4.69) is 20.9 Å². The lowest BCUT2D eigenvalue weighted by atomic mass is 9.96. The topological polar surface area (TPSA) is 90.1 Å². The van der Waals surface area contributed by atoms with Gasteiger partial charge in [0.1, 0.15) is 11.5 Å². The molecule has 0 unspecified atom stereocenters. The van der Waals surface area contributed by atoms with Crippen LogP contribution in [-0.4, -0.2) is 29.4 Å². The average molecular weight is 564 g/mol. The number of esters is 1. The highest BCUT2D eigenvalue weighted by atomic mass is 79.9. The van der Waals surface area contributed by atoms with Gasteiger partial charge in [0.05, 0.1) is 40.6 Å². The minimum absolute atomic E-state index is 0.134. The Morgan fingerprint density at radius 1 is 1.32 bits per heavy atom. The molecule has 0 bridgehead atoms. The zero-order valence-electron chi connectivity index (χ0n) is 18.5. The first-order chi connectivity index (χ1) is 16.2. The number of hydrogen-bond acceptors (Lipinski definition) is 7. The van der Waals surface area contributed by atoms with E-state index < -0.39 is 12.0 Å². The first kappa shape index (κ1) is 24.3. The molecule has 3 aromatic rings. The van der Waals surface area contributed by atoms with E-state index in [1.165, 1.54) is 4.57 Å². The lowest BCUT2D eigenvalue weighted by molar-refractivity contribution is -0.139. The summed E-state index contributed by atoms with van der Waals surface area (Å²) in [6.07, 6.45) is 1.56. The van der Waals surface area contributed by atoms with Crippen LogP contribution in [0.5, 0.6) is 11.5 Å². The molecule has 1 aliphatic heterocycles. The fourth-order valence-electron chi connectivity index (χ4n) is 3.73. The largest absolute Gasteiger partial charge is 0.506 e. The molecule has 1 atom stereocenters. The Bertz CT molecular complexity index is 1490. The second-order valence-electron chi connectivity index (χ2n) is 7.40. The van der Waals surface area contributed by atoms with Crippen molar-refractivity contribution in [3.05, 3.63) is 88.0 Å². The lowest BCUT2D eigenvalue weighted by Gasteiger charge is -2.24. The minimum Gasteiger partial charge on any atom is -0.506 e. The van der Waals surface area contributed by atoms with Crippen molar-refractivity contribution in [1.82, 2.24) is 4.57 Å². The second-order valence-corrected chi connectivity index (χ2v) is 9.73. The maximum atomic E-state index is 13.6. The van der Waals surface area contributed by atoms with Gasteiger partial charge in [0.25, 0.3) is 5.56 Å². The van der Waals surface area contributed by atoms with Crippen molar-refractivity contribution in [3.63, 3.8) is 0 Å². The molecule has 4 rings (SSSR count). The van der Waals surface area contributed by atoms with Gasteiger partial charge < -0.3 is 14.6 Å². The highest BCUT2D eigenvalue weighted by Gasteiger charge is 2.33. The van der Waals surface area contributed by atoms with E-state index in [0.29, 0.717) is 42.0 Å². The van der Waals surface area contributed by atoms with E-state index in [4.69, 9.17) is 21.1 Å². The maximum Gasteiger partial charge on any atom is 0.338 e. The van der Waals surface area contributed by atoms with Gasteiger partial charge in [-0.05, 0) is 49.8 Å². The summed E-state index contributed by atoms with van der Waals surface area (Å²) in [5.41, 5.74) is 1.50. The van der Waals surface area contributed by atoms with Gasteiger partial charge in [-0.2, -0.15) is 0 Å². The molecular formula is C24H20BrClN2O5S. The van der Waals surface area contributed by atoms with Gasteiger partial charge in [-0.1, -0.05) is 51.0 Å². The number of hydrogen-bond donors (Lipinski definition) is 1. The summed E-state index contributed by atoms with van der Waals surface area (Å²) in [7, 11) is 1.57. The van der Waals surface area contributed by atoms with Gasteiger partial charge in [-0.3, -0.25) is 9.36 Å². The molecule has 0 saturated carbocycles. The number of allylic oxidation sites excluding steroid dienone is 1. The van der Waals surface area contributed by atoms with Gasteiger partial charge in [-0.15, -0.1) is 0 Å². The Kier molecular flexibility index (Phi) is 6.97. The van der Waals surface area contributed by atoms with Gasteiger partial charge in [0.15, 0.2) is 4.80 Å². The van der Waals surface area contributed by atoms with Crippen LogP contribution in [0.4, 0.5) is 0 Å². The minimum atomic E-state index is -0.733. The van der Waals surface area contributed by atoms with E-state index >= 15 is 0 Å². The summed E-state index contributed by atoms with van der Waals surface area (Å²) in [4.78, 5) is 31.5. The maximum absolute atomic E-state index is 13.6. The number of phenols is 1. The number of fused-ring (bicyclic) bond motifs is 1. The number of methoxy groups -OCH3 is 1. The molecule has 2 aromatic carbocycles. The van der Waals surface area contributed by atoms with Crippen molar-refractivity contribution in [2.75, 3.05) is 13.7 Å². The number of ether oxygens (including phenoxy) is 2. The third kappa shape index (κ3) is 4.43. The number of carbonyl (C=O) groups excluding carboxylic acids is 1. The number of aromatic nitrogens is 1. The Labute approximate surface area is 212 Å². The van der Waals surface area contributed by atoms with Crippen molar-refractivity contribution in [2.45, 2.75) is 19.9 Å². The Hall–Kier alpha value is -2.88. The molecular weight excluding hydrogens is 544 g/mol. The first-order valence-corrected chi connectivity index (χ1v) is 12.3. The number of phenolic OH excluding ortho intramolecular Hbond substituents is 1. The van der Waals surface area contributed by atoms with Crippen molar-refractivity contribution in [2.24, 2.45) is 4.99 Å². The number of benzene rings is 2. The number of thiazole rings is 1. The average Bonchev–Trinajstić information content (AvgIpc) is 3.10. The smallest absolute Gasteiger partial charge is 0.338 e. The van der Waals surface area contributed by atoms with Gasteiger partial charge in [-0.25, -0.2) is 9.79 Å². The van der Waals surface area contributed by atoms with Crippen LogP contribution in [-0.2, 0) is 9.53 Å². The van der Waals surface area contributed by atoms with Crippen LogP contribution in [0.1, 0.15) is 31.0 Å². The number of carbonyl (C=O) groups is 1. The molecule has 0 amide bonds. The van der Waals surface area contributed by atoms with Crippen molar-refractivity contribution in [1.29, 1.82) is 0 Å². The highest BCUT2D eigenvalue weighted by Crippen LogP contribution is 2.33. The molecule has 34 heavy (non-hydrogen) atoms.